The highest BCUT2D eigenvalue weighted by atomic mass is 16.6. The lowest BCUT2D eigenvalue weighted by molar-refractivity contribution is -0.403. The van der Waals surface area contributed by atoms with Crippen molar-refractivity contribution in [2.24, 2.45) is 0 Å². The highest BCUT2D eigenvalue weighted by molar-refractivity contribution is 6.14. The predicted octanol–water partition coefficient (Wildman–Crippen LogP) is 1.97. The molecule has 0 aromatic heterocycles. The van der Waals surface area contributed by atoms with E-state index in [4.69, 9.17) is 0 Å². The van der Waals surface area contributed by atoms with Gasteiger partial charge in [0.15, 0.2) is 11.6 Å². The van der Waals surface area contributed by atoms with E-state index in [9.17, 15) is 39.9 Å². The van der Waals surface area contributed by atoms with Crippen LogP contribution < -0.4 is 0 Å². The molecule has 0 unspecified atom stereocenters. The van der Waals surface area contributed by atoms with Gasteiger partial charge in [0.25, 0.3) is 17.1 Å². The van der Waals surface area contributed by atoms with Crippen LogP contribution in [0.4, 0.5) is 17.1 Å². The SMILES string of the molecule is Cc1c([N+](=O)[O-])cc([N+](=O)[O-])cc1[N+](=O)[O-].O=C1C=CC(=O)C=C1. The van der Waals surface area contributed by atoms with E-state index < -0.39 is 31.8 Å². The van der Waals surface area contributed by atoms with Gasteiger partial charge in [-0.25, -0.2) is 0 Å². The molecule has 1 aliphatic rings. The van der Waals surface area contributed by atoms with E-state index in [1.807, 2.05) is 0 Å². The average molecular weight is 335 g/mol. The first-order valence-electron chi connectivity index (χ1n) is 6.15. The summed E-state index contributed by atoms with van der Waals surface area (Å²) >= 11 is 0. The van der Waals surface area contributed by atoms with Gasteiger partial charge >= 0.3 is 0 Å². The van der Waals surface area contributed by atoms with E-state index in [2.05, 4.69) is 0 Å². The van der Waals surface area contributed by atoms with Crippen LogP contribution in [0.15, 0.2) is 36.4 Å². The number of nitro benzene ring substituents is 3. The van der Waals surface area contributed by atoms with E-state index in [0.29, 0.717) is 12.1 Å². The van der Waals surface area contributed by atoms with Gasteiger partial charge < -0.3 is 0 Å². The number of allylic oxidation sites excluding steroid dienone is 4. The monoisotopic (exact) mass is 335 g/mol. The Kier molecular flexibility index (Phi) is 5.71. The minimum Gasteiger partial charge on any atom is -0.290 e. The first-order valence-corrected chi connectivity index (χ1v) is 6.15. The second kappa shape index (κ2) is 7.49. The number of rotatable bonds is 3. The van der Waals surface area contributed by atoms with Crippen LogP contribution in [0.5, 0.6) is 0 Å². The summed E-state index contributed by atoms with van der Waals surface area (Å²) in [6.45, 7) is 1.17. The maximum absolute atomic E-state index is 10.5. The molecule has 0 bridgehead atoms. The quantitative estimate of drug-likeness (QED) is 0.459. The molecule has 1 aliphatic carbocycles. The molecule has 0 atom stereocenters. The Morgan fingerprint density at radius 1 is 0.708 bits per heavy atom. The third-order valence-electron chi connectivity index (χ3n) is 2.77. The van der Waals surface area contributed by atoms with Crippen molar-refractivity contribution in [3.63, 3.8) is 0 Å². The van der Waals surface area contributed by atoms with Gasteiger partial charge in [0, 0.05) is 0 Å². The number of hydrogen-bond donors (Lipinski definition) is 0. The zero-order chi connectivity index (χ0) is 18.4. The Balaban J connectivity index is 0.000000300. The van der Waals surface area contributed by atoms with Gasteiger partial charge in [-0.15, -0.1) is 0 Å². The maximum atomic E-state index is 10.5. The molecular formula is C13H9N3O8. The number of non-ortho nitro benzene ring substituents is 1. The normalized spacial score (nSPS) is 12.4. The Morgan fingerprint density at radius 3 is 1.29 bits per heavy atom. The molecule has 2 rings (SSSR count). The number of ketones is 2. The molecule has 0 saturated carbocycles. The fourth-order valence-electron chi connectivity index (χ4n) is 1.59. The number of hydrogen-bond acceptors (Lipinski definition) is 8. The van der Waals surface area contributed by atoms with Crippen molar-refractivity contribution in [2.75, 3.05) is 0 Å². The van der Waals surface area contributed by atoms with Crippen molar-refractivity contribution < 1.29 is 24.4 Å². The molecule has 0 radical (unpaired) electrons. The number of nitrogens with zero attached hydrogens (tertiary/aromatic N) is 3. The van der Waals surface area contributed by atoms with Crippen LogP contribution in [-0.2, 0) is 9.59 Å². The van der Waals surface area contributed by atoms with Crippen molar-refractivity contribution in [3.05, 3.63) is 72.3 Å². The molecule has 11 heteroatoms. The van der Waals surface area contributed by atoms with Gasteiger partial charge in [-0.1, -0.05) is 0 Å². The van der Waals surface area contributed by atoms with E-state index in [0.717, 1.165) is 0 Å². The van der Waals surface area contributed by atoms with Crippen molar-refractivity contribution in [1.29, 1.82) is 0 Å². The minimum atomic E-state index is -0.917. The van der Waals surface area contributed by atoms with Gasteiger partial charge in [-0.3, -0.25) is 39.9 Å². The molecular weight excluding hydrogens is 326 g/mol. The molecule has 11 nitrogen and oxygen atoms in total. The third kappa shape index (κ3) is 4.62. The van der Waals surface area contributed by atoms with Crippen LogP contribution in [0.25, 0.3) is 0 Å². The third-order valence-corrected chi connectivity index (χ3v) is 2.77. The number of nitro groups is 3. The summed E-state index contributed by atoms with van der Waals surface area (Å²) in [5.74, 6) is -0.241. The topological polar surface area (TPSA) is 164 Å². The Hall–Kier alpha value is -3.76. The molecule has 0 N–H and O–H groups in total. The second-order valence-electron chi connectivity index (χ2n) is 4.35. The molecule has 0 fully saturated rings. The Bertz CT molecular complexity index is 736. The lowest BCUT2D eigenvalue weighted by Gasteiger charge is -1.99. The maximum Gasteiger partial charge on any atom is 0.286 e. The van der Waals surface area contributed by atoms with Crippen molar-refractivity contribution in [2.45, 2.75) is 6.92 Å². The van der Waals surface area contributed by atoms with E-state index in [1.54, 1.807) is 0 Å². The second-order valence-corrected chi connectivity index (χ2v) is 4.35. The van der Waals surface area contributed by atoms with Crippen LogP contribution in [0, 0.1) is 37.3 Å². The molecule has 0 amide bonds. The fraction of sp³-hybridized carbons (Fsp3) is 0.0769. The molecule has 0 spiro atoms. The molecule has 24 heavy (non-hydrogen) atoms. The fourth-order valence-corrected chi connectivity index (χ4v) is 1.59. The van der Waals surface area contributed by atoms with Crippen LogP contribution in [0.3, 0.4) is 0 Å². The lowest BCUT2D eigenvalue weighted by Crippen LogP contribution is -2.00. The van der Waals surface area contributed by atoms with Crippen molar-refractivity contribution >= 4 is 28.6 Å². The zero-order valence-corrected chi connectivity index (χ0v) is 12.1. The number of carbonyl (C=O) groups excluding carboxylic acids is 2. The summed E-state index contributed by atoms with van der Waals surface area (Å²) in [7, 11) is 0. The summed E-state index contributed by atoms with van der Waals surface area (Å²) in [5, 5.41) is 31.5. The van der Waals surface area contributed by atoms with E-state index >= 15 is 0 Å². The van der Waals surface area contributed by atoms with Crippen LogP contribution in [0.1, 0.15) is 5.56 Å². The van der Waals surface area contributed by atoms with Gasteiger partial charge in [-0.05, 0) is 31.2 Å². The molecule has 124 valence electrons. The summed E-state index contributed by atoms with van der Waals surface area (Å²) in [6.07, 6.45) is 5.01. The van der Waals surface area contributed by atoms with Crippen molar-refractivity contribution in [1.82, 2.24) is 0 Å². The van der Waals surface area contributed by atoms with Gasteiger partial charge in [0.1, 0.15) is 5.56 Å². The van der Waals surface area contributed by atoms with Crippen LogP contribution in [0.2, 0.25) is 0 Å². The minimum absolute atomic E-state index is 0.121. The highest BCUT2D eigenvalue weighted by Crippen LogP contribution is 2.32. The van der Waals surface area contributed by atoms with Gasteiger partial charge in [0.05, 0.1) is 26.9 Å². The predicted molar refractivity (Wildman–Crippen MR) is 79.4 cm³/mol. The van der Waals surface area contributed by atoms with E-state index in [1.165, 1.54) is 31.2 Å². The number of carbonyl (C=O) groups is 2. The molecule has 0 saturated heterocycles. The Labute approximate surface area is 133 Å². The highest BCUT2D eigenvalue weighted by Gasteiger charge is 2.27. The summed E-state index contributed by atoms with van der Waals surface area (Å²) < 4.78 is 0. The summed E-state index contributed by atoms with van der Waals surface area (Å²) in [4.78, 5) is 49.3. The largest absolute Gasteiger partial charge is 0.290 e. The molecule has 1 aromatic rings. The van der Waals surface area contributed by atoms with Crippen LogP contribution >= 0.6 is 0 Å². The average Bonchev–Trinajstić information content (AvgIpc) is 2.50. The Morgan fingerprint density at radius 2 is 1.04 bits per heavy atom. The summed E-state index contributed by atoms with van der Waals surface area (Å²) in [5.41, 5.74) is -2.16. The van der Waals surface area contributed by atoms with Crippen LogP contribution in [-0.4, -0.2) is 26.3 Å². The smallest absolute Gasteiger partial charge is 0.286 e. The van der Waals surface area contributed by atoms with Crippen molar-refractivity contribution in [3.8, 4) is 0 Å². The standard InChI is InChI=1S/C7H5N3O6.C6H4O2/c1-4-6(9(13)14)2-5(8(11)12)3-7(4)10(15)16;7-5-1-2-6(8)4-3-5/h2-3H,1H3;1-4H. The lowest BCUT2D eigenvalue weighted by atomic mass is 10.1. The van der Waals surface area contributed by atoms with Gasteiger partial charge in [0.2, 0.25) is 0 Å². The molecule has 0 aliphatic heterocycles. The zero-order valence-electron chi connectivity index (χ0n) is 12.1. The first kappa shape index (κ1) is 18.3. The number of benzene rings is 1. The molecule has 1 aromatic carbocycles. The van der Waals surface area contributed by atoms with Gasteiger partial charge in [-0.2, -0.15) is 0 Å². The summed E-state index contributed by atoms with van der Waals surface area (Å²) in [6, 6.07) is 1.39. The van der Waals surface area contributed by atoms with E-state index in [-0.39, 0.29) is 17.1 Å². The first-order chi connectivity index (χ1) is 11.1. The molecule has 0 heterocycles.